The molecule has 40 nitrogen and oxygen atoms in total. The minimum absolute atomic E-state index is 0.00425. The van der Waals surface area contributed by atoms with E-state index in [1.165, 1.54) is 91.1 Å². The summed E-state index contributed by atoms with van der Waals surface area (Å²) in [6.07, 6.45) is -23.7. The SMILES string of the molecule is O=c1[nH]c(=S)ccn1[C@@H]1O[C@](F)(COP2(=O)OCc3cc(Cl)ccc3O2)[C@@H](O)[C@H]1O.[2H]C([2H])(OP1(=O)OCc2cc(Cl)ccc2O1)[C@@]1(F)O[C@@H](n2ccc(=S)[nH]c2=O)[C@H](O)[C@@H]1O.[2H]C([2H])(OP1(=O)OCc2cc(Cl)ccc2O1)[C@@]1(F)O[C@@]([2H])(n2ccc(=S)[nH]c2=O)[C@H](O)[C@@H]1O.[2H][C@@]1(n2ccc(=S)[nH]c2=O)O[C@](F)(COP2(=O)OCc3cc(Cl)ccc3O2)[C@@H](O)[C@H]1O. The first kappa shape index (κ1) is 83.1. The first-order valence-electron chi connectivity index (χ1n) is 36.5. The number of phosphoric ester groups is 4. The Morgan fingerprint density at radius 1 is 0.400 bits per heavy atom. The van der Waals surface area contributed by atoms with E-state index >= 15 is 17.6 Å². The number of nitrogens with zero attached hydrogens (tertiary/aromatic N) is 4. The van der Waals surface area contributed by atoms with Gasteiger partial charge in [-0.2, -0.15) is 0 Å². The zero-order valence-electron chi connectivity index (χ0n) is 65.2. The summed E-state index contributed by atoms with van der Waals surface area (Å²) in [6, 6.07) is 22.1. The minimum atomic E-state index is -4.83. The largest absolute Gasteiger partial charge is 0.530 e. The van der Waals surface area contributed by atoms with E-state index in [0.717, 1.165) is 29.2 Å². The molecule has 12 heterocycles. The fourth-order valence-electron chi connectivity index (χ4n) is 11.3. The van der Waals surface area contributed by atoms with Gasteiger partial charge in [-0.1, -0.05) is 95.3 Å². The monoisotopic (exact) mass is 1930 g/mol. The van der Waals surface area contributed by atoms with Gasteiger partial charge in [-0.3, -0.25) is 74.4 Å². The fourth-order valence-corrected chi connectivity index (χ4v) is 17.4. The van der Waals surface area contributed by atoms with E-state index in [1.807, 2.05) is 0 Å². The molecule has 0 bridgehead atoms. The molecule has 0 radical (unpaired) electrons. The fraction of sp³-hybridized carbons (Fsp3) is 0.375. The summed E-state index contributed by atoms with van der Waals surface area (Å²) in [5, 5.41) is 83.3. The summed E-state index contributed by atoms with van der Waals surface area (Å²) in [5.41, 5.74) is -2.06. The highest BCUT2D eigenvalue weighted by molar-refractivity contribution is 7.72. The normalized spacial score (nSPS) is 35.3. The second-order valence-electron chi connectivity index (χ2n) is 25.6. The van der Waals surface area contributed by atoms with Crippen LogP contribution in [0.15, 0.2) is 141 Å². The minimum Gasteiger partial charge on any atom is -0.404 e. The Bertz CT molecular complexity index is 6340. The van der Waals surface area contributed by atoms with Crippen LogP contribution in [0.3, 0.4) is 0 Å². The van der Waals surface area contributed by atoms with Crippen molar-refractivity contribution in [2.45, 2.75) is 124 Å². The third-order valence-corrected chi connectivity index (χ3v) is 24.2. The molecule has 4 saturated heterocycles. The number of hydrogen-bond acceptors (Lipinski definition) is 36. The van der Waals surface area contributed by atoms with Gasteiger partial charge in [-0.15, -0.1) is 0 Å². The number of phosphoric acid groups is 4. The highest BCUT2D eigenvalue weighted by Crippen LogP contribution is 2.60. The van der Waals surface area contributed by atoms with Crippen molar-refractivity contribution in [3.8, 4) is 23.0 Å². The van der Waals surface area contributed by atoms with Gasteiger partial charge < -0.3 is 77.9 Å². The molecule has 0 saturated carbocycles. The summed E-state index contributed by atoms with van der Waals surface area (Å²) in [4.78, 5) is 57.1. The van der Waals surface area contributed by atoms with Crippen molar-refractivity contribution in [1.29, 1.82) is 0 Å². The van der Waals surface area contributed by atoms with E-state index in [2.05, 4.69) is 24.5 Å². The quantitative estimate of drug-likeness (QED) is 0.0244. The zero-order valence-corrected chi connectivity index (χ0v) is 69.0. The molecule has 4 aromatic carbocycles. The predicted octanol–water partition coefficient (Wildman–Crippen LogP) is 8.84. The Hall–Kier alpha value is -6.52. The number of rotatable bonds is 16. The number of benzene rings is 4. The number of alkyl halides is 4. The lowest BCUT2D eigenvalue weighted by Crippen LogP contribution is -2.43. The summed E-state index contributed by atoms with van der Waals surface area (Å²) in [5.74, 6) is -13.8. The Labute approximate surface area is 716 Å². The van der Waals surface area contributed by atoms with Gasteiger partial charge >= 0.3 is 54.0 Å². The number of aromatic nitrogens is 8. The van der Waals surface area contributed by atoms with Gasteiger partial charge in [0.15, 0.2) is 24.9 Å². The average Bonchev–Trinajstić information content (AvgIpc) is 1.24. The molecule has 20 atom stereocenters. The molecule has 4 fully saturated rings. The van der Waals surface area contributed by atoms with Crippen LogP contribution >= 0.6 is 127 Å². The molecule has 0 amide bonds. The number of aromatic amines is 4. The van der Waals surface area contributed by atoms with Crippen LogP contribution in [0.2, 0.25) is 20.1 Å². The van der Waals surface area contributed by atoms with Crippen LogP contribution in [-0.2, 0) is 99.8 Å². The van der Waals surface area contributed by atoms with E-state index < -0.39 is 184 Å². The molecule has 4 unspecified atom stereocenters. The molecule has 56 heteroatoms. The number of aliphatic hydroxyl groups is 8. The molecule has 0 aliphatic carbocycles. The third-order valence-electron chi connectivity index (χ3n) is 17.4. The van der Waals surface area contributed by atoms with Crippen LogP contribution < -0.4 is 40.9 Å². The molecule has 8 aliphatic rings. The standard InChI is InChI=1S/4C16H15ClFN2O8PS/c4*17-9-1-2-10-8(5-9)6-25-29(24,28-10)26-7-16(18)13(22)12(21)14(27-16)20-4-3-11(30)19-15(20)23/h4*1-5,12-14,21-22H,6-7H2,(H,19,23,30)/t4*12-,13+,14-,16-,29?/m1111/s1/i7D2,14D;14D;7D2;. The van der Waals surface area contributed by atoms with E-state index in [9.17, 15) is 78.3 Å². The molecule has 12 N–H and O–H groups in total. The van der Waals surface area contributed by atoms with Gasteiger partial charge in [0.1, 0.15) is 117 Å². The summed E-state index contributed by atoms with van der Waals surface area (Å²) in [6.45, 7) is -11.0. The van der Waals surface area contributed by atoms with Crippen LogP contribution in [0.5, 0.6) is 23.0 Å². The maximum Gasteiger partial charge on any atom is 0.530 e. The van der Waals surface area contributed by atoms with Gasteiger partial charge in [0.2, 0.25) is 0 Å². The van der Waals surface area contributed by atoms with Crippen LogP contribution in [0.4, 0.5) is 17.6 Å². The number of nitrogens with one attached hydrogen (secondary N) is 4. The third kappa shape index (κ3) is 19.9. The van der Waals surface area contributed by atoms with Gasteiger partial charge in [-0.25, -0.2) is 55.0 Å². The van der Waals surface area contributed by atoms with E-state index in [0.29, 0.717) is 56.0 Å². The maximum atomic E-state index is 15.8. The summed E-state index contributed by atoms with van der Waals surface area (Å²) < 4.78 is 244. The Morgan fingerprint density at radius 2 is 0.650 bits per heavy atom. The van der Waals surface area contributed by atoms with Crippen LogP contribution in [-0.4, -0.2) is 178 Å². The predicted molar refractivity (Wildman–Crippen MR) is 409 cm³/mol. The van der Waals surface area contributed by atoms with Crippen molar-refractivity contribution >= 4 is 127 Å². The molecule has 4 aromatic heterocycles. The summed E-state index contributed by atoms with van der Waals surface area (Å²) >= 11 is 42.6. The smallest absolute Gasteiger partial charge is 0.404 e. The number of aliphatic hydroxyl groups excluding tert-OH is 8. The Kier molecular flexibility index (Phi) is 24.8. The average molecular weight is 1930 g/mol. The maximum absolute atomic E-state index is 15.8. The lowest BCUT2D eigenvalue weighted by molar-refractivity contribution is -0.205. The molecule has 120 heavy (non-hydrogen) atoms. The molecule has 8 aromatic rings. The first-order valence-corrected chi connectivity index (χ1v) is 42.5. The first-order chi connectivity index (χ1) is 58.6. The number of fused-ring (bicyclic) bond motifs is 4. The number of halogens is 8. The van der Waals surface area contributed by atoms with Crippen molar-refractivity contribution in [2.75, 3.05) is 26.3 Å². The van der Waals surface area contributed by atoms with Crippen molar-refractivity contribution in [3.05, 3.63) is 225 Å². The Balaban J connectivity index is 0.000000144. The van der Waals surface area contributed by atoms with Gasteiger partial charge in [0, 0.05) is 67.1 Å². The van der Waals surface area contributed by atoms with E-state index in [-0.39, 0.29) is 61.4 Å². The van der Waals surface area contributed by atoms with Crippen LogP contribution in [0.1, 0.15) is 55.3 Å². The van der Waals surface area contributed by atoms with E-state index in [4.69, 9.17) is 172 Å². The lowest BCUT2D eigenvalue weighted by atomic mass is 10.1. The van der Waals surface area contributed by atoms with Gasteiger partial charge in [-0.05, 0) is 97.1 Å². The zero-order chi connectivity index (χ0) is 92.2. The summed E-state index contributed by atoms with van der Waals surface area (Å²) in [7, 11) is -18.2. The second-order valence-corrected chi connectivity index (χ2v) is 35.3. The highest BCUT2D eigenvalue weighted by Gasteiger charge is 2.62. The van der Waals surface area contributed by atoms with Crippen LogP contribution in [0.25, 0.3) is 0 Å². The molecule has 16 rings (SSSR count). The second kappa shape index (κ2) is 35.8. The van der Waals surface area contributed by atoms with Crippen molar-refractivity contribution in [2.24, 2.45) is 0 Å². The number of ether oxygens (including phenoxy) is 4. The van der Waals surface area contributed by atoms with Crippen molar-refractivity contribution in [1.82, 2.24) is 38.2 Å². The molecular formula is C64H60Cl4F4N8O32P4S4. The lowest BCUT2D eigenvalue weighted by Gasteiger charge is -2.28. The van der Waals surface area contributed by atoms with E-state index in [1.54, 1.807) is 6.07 Å². The van der Waals surface area contributed by atoms with Crippen molar-refractivity contribution < 1.29 is 158 Å². The van der Waals surface area contributed by atoms with Crippen LogP contribution in [0, 0.1) is 18.6 Å². The van der Waals surface area contributed by atoms with Crippen molar-refractivity contribution in [3.63, 3.8) is 0 Å². The molecule has 0 spiro atoms. The molecule has 8 aliphatic heterocycles. The van der Waals surface area contributed by atoms with Gasteiger partial charge in [0.25, 0.3) is 23.4 Å². The molecular weight excluding hydrogens is 1860 g/mol. The van der Waals surface area contributed by atoms with Gasteiger partial charge in [0.05, 0.1) is 34.7 Å². The Morgan fingerprint density at radius 3 is 0.967 bits per heavy atom. The number of hydrogen-bond donors (Lipinski definition) is 12. The topological polar surface area (TPSA) is 529 Å². The highest BCUT2D eigenvalue weighted by atomic mass is 35.5. The number of H-pyrrole nitrogens is 4. The molecule has 648 valence electrons.